The quantitative estimate of drug-likeness (QED) is 0.813. The minimum atomic E-state index is -1.23. The number of rotatable bonds is 7. The lowest BCUT2D eigenvalue weighted by atomic mass is 9.66. The molecule has 22 heavy (non-hydrogen) atoms. The molecule has 4 nitrogen and oxygen atoms in total. The topological polar surface area (TPSA) is 58.6 Å². The summed E-state index contributed by atoms with van der Waals surface area (Å²) in [5.74, 6) is -0.380. The number of carbonyl (C=O) groups is 1. The van der Waals surface area contributed by atoms with Gasteiger partial charge >= 0.3 is 0 Å². The molecule has 1 saturated carbocycles. The molecule has 1 aliphatic carbocycles. The first-order valence-corrected chi connectivity index (χ1v) is 7.65. The Balaban J connectivity index is 1.95. The van der Waals surface area contributed by atoms with Crippen molar-refractivity contribution in [3.05, 3.63) is 35.6 Å². The van der Waals surface area contributed by atoms with Crippen LogP contribution in [0.15, 0.2) is 24.3 Å². The van der Waals surface area contributed by atoms with Gasteiger partial charge in [-0.3, -0.25) is 4.79 Å². The van der Waals surface area contributed by atoms with Crippen molar-refractivity contribution in [1.29, 1.82) is 0 Å². The zero-order chi connectivity index (χ0) is 16.2. The Morgan fingerprint density at radius 3 is 2.55 bits per heavy atom. The summed E-state index contributed by atoms with van der Waals surface area (Å²) in [6, 6.07) is 5.67. The van der Waals surface area contributed by atoms with E-state index in [-0.39, 0.29) is 23.7 Å². The molecule has 2 N–H and O–H groups in total. The summed E-state index contributed by atoms with van der Waals surface area (Å²) in [4.78, 5) is 12.4. The van der Waals surface area contributed by atoms with Crippen LogP contribution >= 0.6 is 0 Å². The van der Waals surface area contributed by atoms with Crippen LogP contribution in [0.25, 0.3) is 0 Å². The van der Waals surface area contributed by atoms with Gasteiger partial charge in [0.2, 0.25) is 5.91 Å². The van der Waals surface area contributed by atoms with E-state index in [9.17, 15) is 14.3 Å². The van der Waals surface area contributed by atoms with E-state index >= 15 is 0 Å². The Hall–Kier alpha value is -1.46. The summed E-state index contributed by atoms with van der Waals surface area (Å²) >= 11 is 0. The van der Waals surface area contributed by atoms with Gasteiger partial charge in [0, 0.05) is 13.7 Å². The third-order valence-electron chi connectivity index (χ3n) is 4.64. The van der Waals surface area contributed by atoms with E-state index in [1.165, 1.54) is 24.3 Å². The molecule has 1 aromatic carbocycles. The summed E-state index contributed by atoms with van der Waals surface area (Å²) in [5, 5.41) is 13.3. The molecule has 5 heteroatoms. The molecule has 0 bridgehead atoms. The van der Waals surface area contributed by atoms with Crippen molar-refractivity contribution in [2.75, 3.05) is 20.3 Å². The van der Waals surface area contributed by atoms with Crippen LogP contribution < -0.4 is 5.32 Å². The van der Waals surface area contributed by atoms with Gasteiger partial charge in [0.15, 0.2) is 0 Å². The Morgan fingerprint density at radius 1 is 1.41 bits per heavy atom. The first kappa shape index (κ1) is 16.9. The maximum Gasteiger partial charge on any atom is 0.226 e. The highest BCUT2D eigenvalue weighted by Crippen LogP contribution is 2.44. The first-order chi connectivity index (χ1) is 10.4. The first-order valence-electron chi connectivity index (χ1n) is 7.65. The molecule has 0 spiro atoms. The molecule has 1 aromatic rings. The van der Waals surface area contributed by atoms with E-state index in [4.69, 9.17) is 4.74 Å². The number of hydrogen-bond acceptors (Lipinski definition) is 3. The van der Waals surface area contributed by atoms with Gasteiger partial charge < -0.3 is 15.2 Å². The molecule has 0 aliphatic heterocycles. The monoisotopic (exact) mass is 309 g/mol. The molecular formula is C17H24FNO3. The number of aliphatic hydroxyl groups is 1. The predicted octanol–water partition coefficient (Wildman–Crippen LogP) is 2.36. The highest BCUT2D eigenvalue weighted by atomic mass is 19.1. The van der Waals surface area contributed by atoms with Crippen LogP contribution in [-0.4, -0.2) is 31.3 Å². The van der Waals surface area contributed by atoms with Gasteiger partial charge in [-0.15, -0.1) is 0 Å². The van der Waals surface area contributed by atoms with Crippen LogP contribution in [0.2, 0.25) is 0 Å². The number of ether oxygens (including phenoxy) is 1. The van der Waals surface area contributed by atoms with Gasteiger partial charge in [-0.05, 0) is 43.9 Å². The lowest BCUT2D eigenvalue weighted by Crippen LogP contribution is -2.49. The summed E-state index contributed by atoms with van der Waals surface area (Å²) in [6.07, 6.45) is 3.47. The maximum atomic E-state index is 13.0. The van der Waals surface area contributed by atoms with Crippen molar-refractivity contribution >= 4 is 5.91 Å². The van der Waals surface area contributed by atoms with E-state index in [0.29, 0.717) is 18.6 Å². The average Bonchev–Trinajstić information content (AvgIpc) is 2.45. The fourth-order valence-electron chi connectivity index (χ4n) is 2.84. The number of carbonyl (C=O) groups excluding carboxylic acids is 1. The number of amides is 1. The van der Waals surface area contributed by atoms with Gasteiger partial charge in [-0.2, -0.15) is 0 Å². The Kier molecular flexibility index (Phi) is 5.19. The average molecular weight is 309 g/mol. The molecule has 1 amide bonds. The highest BCUT2D eigenvalue weighted by molar-refractivity contribution is 5.83. The molecule has 1 fully saturated rings. The summed E-state index contributed by atoms with van der Waals surface area (Å²) < 4.78 is 18.0. The molecular weight excluding hydrogens is 285 g/mol. The molecule has 0 heterocycles. The molecule has 1 aliphatic rings. The van der Waals surface area contributed by atoms with Crippen molar-refractivity contribution < 1.29 is 19.0 Å². The second-order valence-corrected chi connectivity index (χ2v) is 6.34. The minimum Gasteiger partial charge on any atom is -0.385 e. The van der Waals surface area contributed by atoms with E-state index in [1.54, 1.807) is 14.0 Å². The standard InChI is InChI=1S/C17H24FNO3/c1-16(21,13-4-6-14(18)7-5-13)12-19-15(20)17(8-3-9-17)10-11-22-2/h4-7,21H,3,8-12H2,1-2H3,(H,19,20). The number of nitrogens with one attached hydrogen (secondary N) is 1. The van der Waals surface area contributed by atoms with Crippen molar-refractivity contribution in [3.8, 4) is 0 Å². The van der Waals surface area contributed by atoms with Crippen molar-refractivity contribution in [2.24, 2.45) is 5.41 Å². The van der Waals surface area contributed by atoms with Crippen LogP contribution in [0, 0.1) is 11.2 Å². The van der Waals surface area contributed by atoms with Gasteiger partial charge in [0.1, 0.15) is 11.4 Å². The summed E-state index contributed by atoms with van der Waals surface area (Å²) in [7, 11) is 1.63. The lowest BCUT2D eigenvalue weighted by Gasteiger charge is -2.40. The fourth-order valence-corrected chi connectivity index (χ4v) is 2.84. The molecule has 1 atom stereocenters. The van der Waals surface area contributed by atoms with Crippen LogP contribution in [0.3, 0.4) is 0 Å². The Morgan fingerprint density at radius 2 is 2.05 bits per heavy atom. The minimum absolute atomic E-state index is 0.0295. The van der Waals surface area contributed by atoms with Gasteiger partial charge in [0.05, 0.1) is 12.0 Å². The molecule has 0 aromatic heterocycles. The second kappa shape index (κ2) is 6.75. The van der Waals surface area contributed by atoms with Crippen molar-refractivity contribution in [2.45, 2.75) is 38.2 Å². The lowest BCUT2D eigenvalue weighted by molar-refractivity contribution is -0.138. The van der Waals surface area contributed by atoms with Crippen molar-refractivity contribution in [1.82, 2.24) is 5.32 Å². The van der Waals surface area contributed by atoms with Gasteiger partial charge in [-0.1, -0.05) is 18.6 Å². The number of halogens is 1. The Bertz CT molecular complexity index is 509. The zero-order valence-corrected chi connectivity index (χ0v) is 13.2. The molecule has 122 valence electrons. The van der Waals surface area contributed by atoms with Gasteiger partial charge in [0.25, 0.3) is 0 Å². The normalized spacial score (nSPS) is 19.1. The third-order valence-corrected chi connectivity index (χ3v) is 4.64. The van der Waals surface area contributed by atoms with Gasteiger partial charge in [-0.25, -0.2) is 4.39 Å². The Labute approximate surface area is 130 Å². The molecule has 0 radical (unpaired) electrons. The smallest absolute Gasteiger partial charge is 0.226 e. The summed E-state index contributed by atoms with van der Waals surface area (Å²) in [5.41, 5.74) is -1.00. The zero-order valence-electron chi connectivity index (χ0n) is 13.2. The second-order valence-electron chi connectivity index (χ2n) is 6.34. The third kappa shape index (κ3) is 3.65. The van der Waals surface area contributed by atoms with Crippen LogP contribution in [0.1, 0.15) is 38.2 Å². The van der Waals surface area contributed by atoms with E-state index in [2.05, 4.69) is 5.32 Å². The number of methoxy groups -OCH3 is 1. The molecule has 1 unspecified atom stereocenters. The molecule has 2 rings (SSSR count). The van der Waals surface area contributed by atoms with Crippen molar-refractivity contribution in [3.63, 3.8) is 0 Å². The van der Waals surface area contributed by atoms with Crippen LogP contribution in [-0.2, 0) is 15.1 Å². The van der Waals surface area contributed by atoms with E-state index in [1.807, 2.05) is 0 Å². The SMILES string of the molecule is COCCC1(C(=O)NCC(C)(O)c2ccc(F)cc2)CCC1. The van der Waals surface area contributed by atoms with Crippen LogP contribution in [0.4, 0.5) is 4.39 Å². The predicted molar refractivity (Wildman–Crippen MR) is 81.8 cm³/mol. The highest BCUT2D eigenvalue weighted by Gasteiger charge is 2.44. The summed E-state index contributed by atoms with van der Waals surface area (Å²) in [6.45, 7) is 2.27. The maximum absolute atomic E-state index is 13.0. The number of hydrogen-bond donors (Lipinski definition) is 2. The number of benzene rings is 1. The molecule has 0 saturated heterocycles. The fraction of sp³-hybridized carbons (Fsp3) is 0.588. The van der Waals surface area contributed by atoms with Crippen LogP contribution in [0.5, 0.6) is 0 Å². The largest absolute Gasteiger partial charge is 0.385 e. The van der Waals surface area contributed by atoms with E-state index < -0.39 is 5.60 Å². The van der Waals surface area contributed by atoms with E-state index in [0.717, 1.165) is 19.3 Å².